The third kappa shape index (κ3) is 3.82. The van der Waals surface area contributed by atoms with E-state index in [1.165, 1.54) is 0 Å². The molecule has 0 unspecified atom stereocenters. The number of carbonyl (C=O) groups excluding carboxylic acids is 1. The first-order valence-corrected chi connectivity index (χ1v) is 10.6. The summed E-state index contributed by atoms with van der Waals surface area (Å²) in [6.07, 6.45) is 0. The van der Waals surface area contributed by atoms with E-state index in [4.69, 9.17) is 4.74 Å². The minimum absolute atomic E-state index is 0.0570. The highest BCUT2D eigenvalue weighted by Gasteiger charge is 2.17. The molecule has 0 aliphatic carbocycles. The summed E-state index contributed by atoms with van der Waals surface area (Å²) in [6, 6.07) is 31.8. The van der Waals surface area contributed by atoms with Gasteiger partial charge in [-0.25, -0.2) is 0 Å². The molecule has 5 rings (SSSR count). The van der Waals surface area contributed by atoms with Crippen LogP contribution >= 0.6 is 11.8 Å². The summed E-state index contributed by atoms with van der Waals surface area (Å²) < 4.78 is 5.96. The minimum Gasteiger partial charge on any atom is -0.455 e. The molecule has 1 aliphatic heterocycles. The summed E-state index contributed by atoms with van der Waals surface area (Å²) >= 11 is 1.68. The SMILES string of the molecule is O=C(CNc1ccc2c(c1)Sc1ccccc1O2)c1ccc(-c2ccccc2)cc1. The van der Waals surface area contributed by atoms with Gasteiger partial charge in [0, 0.05) is 11.3 Å². The first-order chi connectivity index (χ1) is 14.8. The molecule has 4 heteroatoms. The molecule has 0 radical (unpaired) electrons. The maximum Gasteiger partial charge on any atom is 0.181 e. The highest BCUT2D eigenvalue weighted by atomic mass is 32.2. The zero-order valence-corrected chi connectivity index (χ0v) is 17.0. The Morgan fingerprint density at radius 3 is 2.27 bits per heavy atom. The number of fused-ring (bicyclic) bond motifs is 2. The van der Waals surface area contributed by atoms with E-state index in [2.05, 4.69) is 17.4 Å². The molecule has 0 saturated carbocycles. The first-order valence-electron chi connectivity index (χ1n) is 9.78. The second kappa shape index (κ2) is 8.09. The van der Waals surface area contributed by atoms with Crippen molar-refractivity contribution in [2.24, 2.45) is 0 Å². The van der Waals surface area contributed by atoms with Gasteiger partial charge in [-0.15, -0.1) is 0 Å². The van der Waals surface area contributed by atoms with Crippen LogP contribution in [0, 0.1) is 0 Å². The van der Waals surface area contributed by atoms with E-state index < -0.39 is 0 Å². The third-order valence-corrected chi connectivity index (χ3v) is 6.10. The molecule has 0 aromatic heterocycles. The number of carbonyl (C=O) groups is 1. The Morgan fingerprint density at radius 1 is 0.733 bits per heavy atom. The van der Waals surface area contributed by atoms with Crippen molar-refractivity contribution in [3.8, 4) is 22.6 Å². The number of ether oxygens (including phenoxy) is 1. The molecule has 3 nitrogen and oxygen atoms in total. The predicted molar refractivity (Wildman–Crippen MR) is 122 cm³/mol. The van der Waals surface area contributed by atoms with E-state index in [-0.39, 0.29) is 12.3 Å². The molecule has 1 aliphatic rings. The van der Waals surface area contributed by atoms with Crippen LogP contribution in [0.15, 0.2) is 107 Å². The largest absolute Gasteiger partial charge is 0.455 e. The lowest BCUT2D eigenvalue weighted by Crippen LogP contribution is -2.14. The van der Waals surface area contributed by atoms with Gasteiger partial charge in [0.05, 0.1) is 16.3 Å². The van der Waals surface area contributed by atoms with Crippen LogP contribution in [0.2, 0.25) is 0 Å². The number of ketones is 1. The minimum atomic E-state index is 0.0570. The van der Waals surface area contributed by atoms with E-state index in [0.717, 1.165) is 38.1 Å². The summed E-state index contributed by atoms with van der Waals surface area (Å²) in [4.78, 5) is 14.8. The topological polar surface area (TPSA) is 38.3 Å². The van der Waals surface area contributed by atoms with Crippen LogP contribution in [0.3, 0.4) is 0 Å². The molecule has 146 valence electrons. The normalized spacial score (nSPS) is 11.7. The standard InChI is InChI=1S/C26H19NO2S/c28-22(20-12-10-19(11-13-20)18-6-2-1-3-7-18)17-27-21-14-15-24-26(16-21)30-25-9-5-4-8-23(25)29-24/h1-16,27H,17H2. The van der Waals surface area contributed by atoms with Crippen molar-refractivity contribution >= 4 is 23.2 Å². The summed E-state index contributed by atoms with van der Waals surface area (Å²) in [6.45, 7) is 0.242. The highest BCUT2D eigenvalue weighted by Crippen LogP contribution is 2.47. The van der Waals surface area contributed by atoms with Crippen LogP contribution in [-0.4, -0.2) is 12.3 Å². The fourth-order valence-corrected chi connectivity index (χ4v) is 4.39. The lowest BCUT2D eigenvalue weighted by atomic mass is 10.0. The van der Waals surface area contributed by atoms with Gasteiger partial charge in [-0.05, 0) is 41.5 Å². The van der Waals surface area contributed by atoms with Crippen molar-refractivity contribution in [2.45, 2.75) is 9.79 Å². The predicted octanol–water partition coefficient (Wildman–Crippen LogP) is 6.91. The molecule has 0 bridgehead atoms. The molecule has 0 atom stereocenters. The second-order valence-corrected chi connectivity index (χ2v) is 8.12. The van der Waals surface area contributed by atoms with E-state index in [0.29, 0.717) is 5.56 Å². The van der Waals surface area contributed by atoms with Crippen molar-refractivity contribution in [3.63, 3.8) is 0 Å². The zero-order chi connectivity index (χ0) is 20.3. The highest BCUT2D eigenvalue weighted by molar-refractivity contribution is 7.99. The summed E-state index contributed by atoms with van der Waals surface area (Å²) in [5.41, 5.74) is 3.85. The Hall–Kier alpha value is -3.50. The van der Waals surface area contributed by atoms with Gasteiger partial charge in [0.25, 0.3) is 0 Å². The number of para-hydroxylation sites is 1. The van der Waals surface area contributed by atoms with Gasteiger partial charge in [0.15, 0.2) is 5.78 Å². The fraction of sp³-hybridized carbons (Fsp3) is 0.0385. The van der Waals surface area contributed by atoms with E-state index in [1.807, 2.05) is 84.9 Å². The fourth-order valence-electron chi connectivity index (χ4n) is 3.40. The Labute approximate surface area is 179 Å². The lowest BCUT2D eigenvalue weighted by molar-refractivity contribution is 0.101. The van der Waals surface area contributed by atoms with Crippen molar-refractivity contribution < 1.29 is 9.53 Å². The first kappa shape index (κ1) is 18.5. The molecule has 1 N–H and O–H groups in total. The van der Waals surface area contributed by atoms with Crippen LogP contribution in [0.25, 0.3) is 11.1 Å². The van der Waals surface area contributed by atoms with Crippen molar-refractivity contribution in [2.75, 3.05) is 11.9 Å². The molecule has 30 heavy (non-hydrogen) atoms. The summed E-state index contributed by atoms with van der Waals surface area (Å²) in [5.74, 6) is 1.78. The maximum atomic E-state index is 12.6. The number of nitrogens with one attached hydrogen (secondary N) is 1. The molecule has 0 saturated heterocycles. The van der Waals surface area contributed by atoms with Gasteiger partial charge in [-0.3, -0.25) is 4.79 Å². The Bertz CT molecular complexity index is 1200. The van der Waals surface area contributed by atoms with Gasteiger partial charge in [0.2, 0.25) is 0 Å². The van der Waals surface area contributed by atoms with Gasteiger partial charge in [-0.1, -0.05) is 78.5 Å². The Morgan fingerprint density at radius 2 is 1.43 bits per heavy atom. The Balaban J connectivity index is 1.25. The van der Waals surface area contributed by atoms with Crippen LogP contribution < -0.4 is 10.1 Å². The number of hydrogen-bond donors (Lipinski definition) is 1. The monoisotopic (exact) mass is 409 g/mol. The van der Waals surface area contributed by atoms with E-state index in [9.17, 15) is 4.79 Å². The van der Waals surface area contributed by atoms with Crippen LogP contribution in [0.5, 0.6) is 11.5 Å². The molecule has 4 aromatic carbocycles. The average Bonchev–Trinajstić information content (AvgIpc) is 2.81. The van der Waals surface area contributed by atoms with Crippen molar-refractivity contribution in [1.29, 1.82) is 0 Å². The maximum absolute atomic E-state index is 12.6. The number of Topliss-reactive ketones (excluding diaryl/α,β-unsaturated/α-hetero) is 1. The molecule has 1 heterocycles. The molecular formula is C26H19NO2S. The number of hydrogen-bond acceptors (Lipinski definition) is 4. The molecule has 0 spiro atoms. The molecule has 0 fully saturated rings. The Kier molecular flexibility index (Phi) is 4.99. The average molecular weight is 410 g/mol. The van der Waals surface area contributed by atoms with Gasteiger partial charge >= 0.3 is 0 Å². The number of rotatable bonds is 5. The number of anilines is 1. The summed E-state index contributed by atoms with van der Waals surface area (Å²) in [7, 11) is 0. The van der Waals surface area contributed by atoms with Crippen LogP contribution in [0.4, 0.5) is 5.69 Å². The van der Waals surface area contributed by atoms with Gasteiger partial charge in [-0.2, -0.15) is 0 Å². The number of benzene rings is 4. The van der Waals surface area contributed by atoms with Crippen LogP contribution in [0.1, 0.15) is 10.4 Å². The van der Waals surface area contributed by atoms with Crippen molar-refractivity contribution in [3.05, 3.63) is 103 Å². The zero-order valence-electron chi connectivity index (χ0n) is 16.2. The lowest BCUT2D eigenvalue weighted by Gasteiger charge is -2.20. The van der Waals surface area contributed by atoms with E-state index in [1.54, 1.807) is 11.8 Å². The quantitative estimate of drug-likeness (QED) is 0.320. The molecular weight excluding hydrogens is 390 g/mol. The smallest absolute Gasteiger partial charge is 0.181 e. The summed E-state index contributed by atoms with van der Waals surface area (Å²) in [5, 5.41) is 3.24. The second-order valence-electron chi connectivity index (χ2n) is 7.03. The van der Waals surface area contributed by atoms with Gasteiger partial charge < -0.3 is 10.1 Å². The van der Waals surface area contributed by atoms with Crippen molar-refractivity contribution in [1.82, 2.24) is 0 Å². The van der Waals surface area contributed by atoms with Crippen LogP contribution in [-0.2, 0) is 0 Å². The van der Waals surface area contributed by atoms with E-state index >= 15 is 0 Å². The molecule has 4 aromatic rings. The van der Waals surface area contributed by atoms with Gasteiger partial charge in [0.1, 0.15) is 11.5 Å². The molecule has 0 amide bonds. The third-order valence-electron chi connectivity index (χ3n) is 5.00.